The van der Waals surface area contributed by atoms with Crippen molar-refractivity contribution in [3.63, 3.8) is 0 Å². The molecule has 2 aromatic carbocycles. The van der Waals surface area contributed by atoms with E-state index in [1.807, 2.05) is 0 Å². The van der Waals surface area contributed by atoms with Crippen molar-refractivity contribution in [1.82, 2.24) is 19.4 Å². The van der Waals surface area contributed by atoms with Crippen LogP contribution in [0, 0.1) is 0 Å². The van der Waals surface area contributed by atoms with Gasteiger partial charge in [-0.25, -0.2) is 4.98 Å². The Labute approximate surface area is 180 Å². The highest BCUT2D eigenvalue weighted by atomic mass is 15.1. The summed E-state index contributed by atoms with van der Waals surface area (Å²) in [5.74, 6) is 1.24. The normalized spacial score (nSPS) is 17.4. The average molecular weight is 403 g/mol. The Hall–Kier alpha value is -2.17. The Bertz CT molecular complexity index is 1020. The largest absolute Gasteiger partial charge is 0.328 e. The van der Waals surface area contributed by atoms with Crippen LogP contribution in [0.2, 0.25) is 0 Å². The van der Waals surface area contributed by atoms with Gasteiger partial charge in [-0.1, -0.05) is 36.8 Å². The first-order chi connectivity index (χ1) is 14.7. The molecule has 1 saturated carbocycles. The number of benzene rings is 2. The fourth-order valence-corrected chi connectivity index (χ4v) is 5.10. The highest BCUT2D eigenvalue weighted by Crippen LogP contribution is 2.25. The lowest BCUT2D eigenvalue weighted by Crippen LogP contribution is -2.38. The van der Waals surface area contributed by atoms with Crippen LogP contribution in [-0.4, -0.2) is 45.5 Å². The molecule has 0 atom stereocenters. The quantitative estimate of drug-likeness (QED) is 0.575. The summed E-state index contributed by atoms with van der Waals surface area (Å²) in [5.41, 5.74) is 6.82. The SMILES string of the molecule is CCn1c(CCN(C)C2CCC2)nc2cc(CN3CCc4ccccc4C3)ccc21. The number of nitrogens with zero attached hydrogens (tertiary/aromatic N) is 4. The van der Waals surface area contributed by atoms with Crippen molar-refractivity contribution in [1.29, 1.82) is 0 Å². The van der Waals surface area contributed by atoms with Gasteiger partial charge < -0.3 is 9.47 Å². The number of hydrogen-bond donors (Lipinski definition) is 0. The molecule has 0 amide bonds. The molecule has 3 aromatic rings. The van der Waals surface area contributed by atoms with E-state index in [1.54, 1.807) is 0 Å². The van der Waals surface area contributed by atoms with Gasteiger partial charge in [-0.2, -0.15) is 0 Å². The molecule has 0 bridgehead atoms. The van der Waals surface area contributed by atoms with E-state index in [2.05, 4.69) is 70.8 Å². The lowest BCUT2D eigenvalue weighted by molar-refractivity contribution is 0.160. The van der Waals surface area contributed by atoms with Crippen LogP contribution in [0.5, 0.6) is 0 Å². The zero-order valence-corrected chi connectivity index (χ0v) is 18.5. The number of aromatic nitrogens is 2. The number of hydrogen-bond acceptors (Lipinski definition) is 3. The van der Waals surface area contributed by atoms with Crippen LogP contribution < -0.4 is 0 Å². The molecule has 1 aliphatic heterocycles. The fourth-order valence-electron chi connectivity index (χ4n) is 5.10. The van der Waals surface area contributed by atoms with E-state index < -0.39 is 0 Å². The van der Waals surface area contributed by atoms with Gasteiger partial charge in [0.25, 0.3) is 0 Å². The highest BCUT2D eigenvalue weighted by molar-refractivity contribution is 5.77. The molecule has 158 valence electrons. The molecule has 4 heteroatoms. The van der Waals surface area contributed by atoms with E-state index in [1.165, 1.54) is 47.3 Å². The molecule has 0 radical (unpaired) electrons. The Morgan fingerprint density at radius 1 is 1.10 bits per heavy atom. The second kappa shape index (κ2) is 8.52. The van der Waals surface area contributed by atoms with Crippen LogP contribution in [0.4, 0.5) is 0 Å². The van der Waals surface area contributed by atoms with Gasteiger partial charge in [0.2, 0.25) is 0 Å². The standard InChI is InChI=1S/C26H34N4/c1-3-30-25-12-11-20(18-29-16-13-21-7-4-5-8-22(21)19-29)17-24(25)27-26(30)14-15-28(2)23-9-6-10-23/h4-5,7-8,11-12,17,23H,3,6,9-10,13-16,18-19H2,1-2H3. The first-order valence-corrected chi connectivity index (χ1v) is 11.7. The molecule has 30 heavy (non-hydrogen) atoms. The molecule has 5 rings (SSSR count). The van der Waals surface area contributed by atoms with Gasteiger partial charge in [-0.05, 0) is 62.1 Å². The third kappa shape index (κ3) is 3.91. The van der Waals surface area contributed by atoms with E-state index in [9.17, 15) is 0 Å². The van der Waals surface area contributed by atoms with Crippen LogP contribution >= 0.6 is 0 Å². The molecule has 0 saturated heterocycles. The molecule has 0 N–H and O–H groups in total. The van der Waals surface area contributed by atoms with E-state index >= 15 is 0 Å². The maximum Gasteiger partial charge on any atom is 0.111 e. The summed E-state index contributed by atoms with van der Waals surface area (Å²) in [6.45, 7) is 7.52. The average Bonchev–Trinajstić information content (AvgIpc) is 3.07. The first-order valence-electron chi connectivity index (χ1n) is 11.7. The summed E-state index contributed by atoms with van der Waals surface area (Å²) in [5, 5.41) is 0. The molecule has 0 unspecified atom stereocenters. The van der Waals surface area contributed by atoms with Crippen molar-refractivity contribution >= 4 is 11.0 Å². The van der Waals surface area contributed by atoms with E-state index in [0.29, 0.717) is 0 Å². The van der Waals surface area contributed by atoms with Crippen molar-refractivity contribution in [2.45, 2.75) is 64.7 Å². The highest BCUT2D eigenvalue weighted by Gasteiger charge is 2.22. The Kier molecular flexibility index (Phi) is 5.62. The Morgan fingerprint density at radius 3 is 2.70 bits per heavy atom. The minimum Gasteiger partial charge on any atom is -0.328 e. The van der Waals surface area contributed by atoms with E-state index in [-0.39, 0.29) is 0 Å². The first kappa shape index (κ1) is 19.8. The summed E-state index contributed by atoms with van der Waals surface area (Å²) in [4.78, 5) is 10.2. The van der Waals surface area contributed by atoms with Crippen molar-refractivity contribution in [2.75, 3.05) is 20.1 Å². The molecule has 1 fully saturated rings. The molecule has 1 aliphatic carbocycles. The van der Waals surface area contributed by atoms with Crippen molar-refractivity contribution in [2.24, 2.45) is 0 Å². The minimum absolute atomic E-state index is 0.797. The van der Waals surface area contributed by atoms with Crippen molar-refractivity contribution in [3.05, 3.63) is 65.0 Å². The second-order valence-electron chi connectivity index (χ2n) is 9.14. The molecular formula is C26H34N4. The molecule has 2 aliphatic rings. The van der Waals surface area contributed by atoms with E-state index in [0.717, 1.165) is 57.1 Å². The topological polar surface area (TPSA) is 24.3 Å². The zero-order chi connectivity index (χ0) is 20.5. The van der Waals surface area contributed by atoms with Crippen LogP contribution in [0.25, 0.3) is 11.0 Å². The predicted octanol–water partition coefficient (Wildman–Crippen LogP) is 4.64. The minimum atomic E-state index is 0.797. The van der Waals surface area contributed by atoms with Gasteiger partial charge >= 0.3 is 0 Å². The van der Waals surface area contributed by atoms with Gasteiger partial charge in [-0.15, -0.1) is 0 Å². The molecule has 4 nitrogen and oxygen atoms in total. The second-order valence-corrected chi connectivity index (χ2v) is 9.14. The van der Waals surface area contributed by atoms with Crippen LogP contribution in [0.15, 0.2) is 42.5 Å². The maximum absolute atomic E-state index is 5.07. The van der Waals surface area contributed by atoms with Gasteiger partial charge in [0, 0.05) is 45.2 Å². The number of rotatable bonds is 7. The van der Waals surface area contributed by atoms with Gasteiger partial charge in [-0.3, -0.25) is 4.90 Å². The monoisotopic (exact) mass is 402 g/mol. The van der Waals surface area contributed by atoms with Crippen LogP contribution in [0.3, 0.4) is 0 Å². The number of imidazole rings is 1. The lowest BCUT2D eigenvalue weighted by Gasteiger charge is -2.34. The summed E-state index contributed by atoms with van der Waals surface area (Å²) in [6.07, 6.45) is 6.32. The summed E-state index contributed by atoms with van der Waals surface area (Å²) >= 11 is 0. The number of aryl methyl sites for hydroxylation is 1. The Balaban J connectivity index is 1.30. The Morgan fingerprint density at radius 2 is 1.93 bits per heavy atom. The zero-order valence-electron chi connectivity index (χ0n) is 18.5. The van der Waals surface area contributed by atoms with Gasteiger partial charge in [0.1, 0.15) is 5.82 Å². The third-order valence-corrected chi connectivity index (χ3v) is 7.21. The lowest BCUT2D eigenvalue weighted by atomic mass is 9.92. The summed E-state index contributed by atoms with van der Waals surface area (Å²) < 4.78 is 2.41. The number of likely N-dealkylation sites (N-methyl/N-ethyl adjacent to an activating group) is 1. The molecule has 0 spiro atoms. The predicted molar refractivity (Wildman–Crippen MR) is 124 cm³/mol. The van der Waals surface area contributed by atoms with Gasteiger partial charge in [0.15, 0.2) is 0 Å². The third-order valence-electron chi connectivity index (χ3n) is 7.21. The number of fused-ring (bicyclic) bond motifs is 2. The smallest absolute Gasteiger partial charge is 0.111 e. The molecular weight excluding hydrogens is 368 g/mol. The van der Waals surface area contributed by atoms with Crippen LogP contribution in [-0.2, 0) is 32.5 Å². The fraction of sp³-hybridized carbons (Fsp3) is 0.500. The molecule has 2 heterocycles. The molecule has 1 aromatic heterocycles. The summed E-state index contributed by atoms with van der Waals surface area (Å²) in [6, 6.07) is 16.6. The van der Waals surface area contributed by atoms with E-state index in [4.69, 9.17) is 4.98 Å². The van der Waals surface area contributed by atoms with Crippen LogP contribution in [0.1, 0.15) is 48.7 Å². The van der Waals surface area contributed by atoms with Gasteiger partial charge in [0.05, 0.1) is 11.0 Å². The maximum atomic E-state index is 5.07. The van der Waals surface area contributed by atoms with Crippen molar-refractivity contribution in [3.8, 4) is 0 Å². The summed E-state index contributed by atoms with van der Waals surface area (Å²) in [7, 11) is 2.28. The van der Waals surface area contributed by atoms with Crippen molar-refractivity contribution < 1.29 is 0 Å².